The van der Waals surface area contributed by atoms with Crippen LogP contribution in [0.5, 0.6) is 5.75 Å². The summed E-state index contributed by atoms with van der Waals surface area (Å²) < 4.78 is 5.87. The second-order valence-electron chi connectivity index (χ2n) is 8.63. The maximum atomic E-state index is 5.87. The van der Waals surface area contributed by atoms with E-state index in [1.165, 1.54) is 34.2 Å². The molecule has 210 valence electrons. The van der Waals surface area contributed by atoms with E-state index >= 15 is 0 Å². The zero-order chi connectivity index (χ0) is 29.4. The highest BCUT2D eigenvalue weighted by atomic mass is 16.5. The molecule has 0 bridgehead atoms. The molecule has 0 atom stereocenters. The summed E-state index contributed by atoms with van der Waals surface area (Å²) >= 11 is 0. The van der Waals surface area contributed by atoms with Crippen LogP contribution in [-0.4, -0.2) is 7.11 Å². The van der Waals surface area contributed by atoms with E-state index in [1.807, 2.05) is 55.4 Å². The van der Waals surface area contributed by atoms with Crippen molar-refractivity contribution in [2.45, 2.75) is 115 Å². The SMILES string of the molecule is CC.CC.CC.CC.CCC.COc1c(C)cc(C(C)(C)C)cc1C(c1ccccc1)c1ccccc1. The molecule has 0 unspecified atom stereocenters. The van der Waals surface area contributed by atoms with Gasteiger partial charge in [-0.3, -0.25) is 0 Å². The van der Waals surface area contributed by atoms with Crippen LogP contribution in [0.3, 0.4) is 0 Å². The monoisotopic (exact) mass is 508 g/mol. The Hall–Kier alpha value is -2.54. The van der Waals surface area contributed by atoms with Gasteiger partial charge in [-0.25, -0.2) is 0 Å². The topological polar surface area (TPSA) is 9.23 Å². The lowest BCUT2D eigenvalue weighted by Gasteiger charge is -2.27. The first-order valence-electron chi connectivity index (χ1n) is 14.6. The van der Waals surface area contributed by atoms with Gasteiger partial charge in [0.15, 0.2) is 0 Å². The molecule has 3 rings (SSSR count). The lowest BCUT2D eigenvalue weighted by molar-refractivity contribution is 0.405. The van der Waals surface area contributed by atoms with E-state index < -0.39 is 0 Å². The third-order valence-electron chi connectivity index (χ3n) is 4.95. The highest BCUT2D eigenvalue weighted by molar-refractivity contribution is 5.54. The molecule has 0 aliphatic carbocycles. The number of rotatable bonds is 4. The fourth-order valence-corrected chi connectivity index (χ4v) is 3.57. The summed E-state index contributed by atoms with van der Waals surface area (Å²) in [7, 11) is 1.77. The van der Waals surface area contributed by atoms with Gasteiger partial charge >= 0.3 is 0 Å². The average Bonchev–Trinajstić information content (AvgIpc) is 2.94. The normalized spacial score (nSPS) is 9.30. The van der Waals surface area contributed by atoms with Crippen LogP contribution in [0, 0.1) is 6.92 Å². The Morgan fingerprint density at radius 2 is 1.00 bits per heavy atom. The van der Waals surface area contributed by atoms with Gasteiger partial charge in [0.2, 0.25) is 0 Å². The molecule has 3 aromatic carbocycles. The molecule has 0 saturated carbocycles. The van der Waals surface area contributed by atoms with E-state index in [1.54, 1.807) is 7.11 Å². The Kier molecular flexibility index (Phi) is 25.1. The molecule has 0 radical (unpaired) electrons. The Morgan fingerprint density at radius 3 is 1.30 bits per heavy atom. The van der Waals surface area contributed by atoms with Crippen molar-refractivity contribution in [2.24, 2.45) is 0 Å². The van der Waals surface area contributed by atoms with E-state index in [9.17, 15) is 0 Å². The van der Waals surface area contributed by atoms with E-state index in [0.29, 0.717) is 0 Å². The number of aryl methyl sites for hydroxylation is 1. The van der Waals surface area contributed by atoms with Crippen molar-refractivity contribution >= 4 is 0 Å². The van der Waals surface area contributed by atoms with E-state index in [4.69, 9.17) is 4.74 Å². The van der Waals surface area contributed by atoms with Crippen LogP contribution in [0.4, 0.5) is 0 Å². The minimum Gasteiger partial charge on any atom is -0.496 e. The van der Waals surface area contributed by atoms with Crippen molar-refractivity contribution in [3.8, 4) is 5.75 Å². The van der Waals surface area contributed by atoms with Gasteiger partial charge in [0.05, 0.1) is 7.11 Å². The average molecular weight is 509 g/mol. The lowest BCUT2D eigenvalue weighted by Crippen LogP contribution is -2.14. The van der Waals surface area contributed by atoms with Crippen LogP contribution < -0.4 is 4.74 Å². The summed E-state index contributed by atoms with van der Waals surface area (Å²) in [4.78, 5) is 0. The zero-order valence-corrected chi connectivity index (χ0v) is 27.1. The molecule has 0 N–H and O–H groups in total. The van der Waals surface area contributed by atoms with Gasteiger partial charge in [-0.2, -0.15) is 0 Å². The van der Waals surface area contributed by atoms with E-state index in [2.05, 4.69) is 114 Å². The van der Waals surface area contributed by atoms with Gasteiger partial charge in [0.1, 0.15) is 5.75 Å². The minimum atomic E-state index is 0.0870. The van der Waals surface area contributed by atoms with Gasteiger partial charge in [-0.05, 0) is 34.6 Å². The maximum Gasteiger partial charge on any atom is 0.125 e. The third kappa shape index (κ3) is 13.5. The number of hydrogen-bond donors (Lipinski definition) is 0. The van der Waals surface area contributed by atoms with Crippen molar-refractivity contribution in [1.82, 2.24) is 0 Å². The summed E-state index contributed by atoms with van der Waals surface area (Å²) in [5.74, 6) is 1.13. The van der Waals surface area contributed by atoms with Crippen molar-refractivity contribution in [3.63, 3.8) is 0 Å². The lowest BCUT2D eigenvalue weighted by atomic mass is 9.79. The second-order valence-corrected chi connectivity index (χ2v) is 8.63. The van der Waals surface area contributed by atoms with Crippen molar-refractivity contribution in [3.05, 3.63) is 101 Å². The number of methoxy groups -OCH3 is 1. The summed E-state index contributed by atoms with van der Waals surface area (Å²) in [6.07, 6.45) is 1.25. The molecule has 0 aliphatic rings. The van der Waals surface area contributed by atoms with Crippen LogP contribution >= 0.6 is 0 Å². The molecule has 0 aliphatic heterocycles. The summed E-state index contributed by atoms with van der Waals surface area (Å²) in [6, 6.07) is 26.0. The predicted molar refractivity (Wildman–Crippen MR) is 172 cm³/mol. The molecule has 1 heteroatoms. The summed E-state index contributed by atoms with van der Waals surface area (Å²) in [5, 5.41) is 0. The molecular weight excluding hydrogens is 448 g/mol. The highest BCUT2D eigenvalue weighted by Crippen LogP contribution is 2.41. The van der Waals surface area contributed by atoms with Crippen LogP contribution in [0.1, 0.15) is 130 Å². The standard InChI is InChI=1S/C25H28O.C3H8.4C2H6/c1-18-16-21(25(2,3)4)17-22(24(18)26-5)23(19-12-8-6-9-13-19)20-14-10-7-11-15-20;1-3-2;4*1-2/h6-17,23H,1-5H3;3H2,1-2H3;4*1-2H3. The van der Waals surface area contributed by atoms with Crippen molar-refractivity contribution in [2.75, 3.05) is 7.11 Å². The van der Waals surface area contributed by atoms with Crippen LogP contribution in [0.25, 0.3) is 0 Å². The Bertz CT molecular complexity index is 834. The van der Waals surface area contributed by atoms with Gasteiger partial charge < -0.3 is 4.74 Å². The fourth-order valence-electron chi connectivity index (χ4n) is 3.57. The number of hydrogen-bond acceptors (Lipinski definition) is 1. The molecule has 0 spiro atoms. The van der Waals surface area contributed by atoms with Crippen molar-refractivity contribution < 1.29 is 4.74 Å². The Balaban J connectivity index is -0.000000924. The van der Waals surface area contributed by atoms with Crippen molar-refractivity contribution in [1.29, 1.82) is 0 Å². The smallest absolute Gasteiger partial charge is 0.125 e. The quantitative estimate of drug-likeness (QED) is 0.318. The largest absolute Gasteiger partial charge is 0.496 e. The number of benzene rings is 3. The molecule has 1 nitrogen and oxygen atoms in total. The molecule has 0 amide bonds. The van der Waals surface area contributed by atoms with E-state index in [-0.39, 0.29) is 11.3 Å². The van der Waals surface area contributed by atoms with Gasteiger partial charge in [-0.15, -0.1) is 0 Å². The first-order chi connectivity index (χ1) is 17.8. The molecule has 0 aromatic heterocycles. The molecule has 3 aromatic rings. The first-order valence-corrected chi connectivity index (χ1v) is 14.6. The molecule has 37 heavy (non-hydrogen) atoms. The Labute approximate surface area is 232 Å². The van der Waals surface area contributed by atoms with Gasteiger partial charge in [0.25, 0.3) is 0 Å². The van der Waals surface area contributed by atoms with Crippen LogP contribution in [0.2, 0.25) is 0 Å². The van der Waals surface area contributed by atoms with Gasteiger partial charge in [0, 0.05) is 11.5 Å². The molecule has 0 saturated heterocycles. The molecule has 0 fully saturated rings. The second kappa shape index (κ2) is 23.8. The number of ether oxygens (including phenoxy) is 1. The Morgan fingerprint density at radius 1 is 0.649 bits per heavy atom. The summed E-state index contributed by atoms with van der Waals surface area (Å²) in [5.41, 5.74) is 6.40. The predicted octanol–water partition coefficient (Wildman–Crippen LogP) is 12.0. The zero-order valence-electron chi connectivity index (χ0n) is 27.1. The fraction of sp³-hybridized carbons (Fsp3) is 0.500. The highest BCUT2D eigenvalue weighted by Gasteiger charge is 2.25. The van der Waals surface area contributed by atoms with Gasteiger partial charge in [-0.1, -0.05) is 169 Å². The third-order valence-corrected chi connectivity index (χ3v) is 4.95. The minimum absolute atomic E-state index is 0.0870. The first kappa shape index (κ1) is 39.0. The van der Waals surface area contributed by atoms with E-state index in [0.717, 1.165) is 5.75 Å². The maximum absolute atomic E-state index is 5.87. The van der Waals surface area contributed by atoms with Crippen LogP contribution in [-0.2, 0) is 5.41 Å². The molecule has 0 heterocycles. The van der Waals surface area contributed by atoms with Crippen LogP contribution in [0.15, 0.2) is 72.8 Å². The summed E-state index contributed by atoms with van der Waals surface area (Å²) in [6.45, 7) is 29.2. The molecular formula is C36H60O.